The minimum Gasteiger partial charge on any atom is -0.490 e. The summed E-state index contributed by atoms with van der Waals surface area (Å²) < 4.78 is 16.2. The summed E-state index contributed by atoms with van der Waals surface area (Å²) in [5.41, 5.74) is 0.552. The van der Waals surface area contributed by atoms with E-state index < -0.39 is 0 Å². The Morgan fingerprint density at radius 2 is 1.90 bits per heavy atom. The number of likely N-dealkylation sites (tertiary alicyclic amines) is 1. The molecule has 2 amide bonds. The van der Waals surface area contributed by atoms with Crippen molar-refractivity contribution in [1.29, 1.82) is 0 Å². The molecule has 29 heavy (non-hydrogen) atoms. The molecule has 0 aliphatic carbocycles. The zero-order valence-electron chi connectivity index (χ0n) is 17.0. The SMILES string of the molecule is COCC(=O)N1CCC(Oc2ccc(C(=O)N(C)Cc3nnc(C)o3)cc2)CC1. The summed E-state index contributed by atoms with van der Waals surface area (Å²) in [6.07, 6.45) is 1.58. The minimum atomic E-state index is -0.141. The van der Waals surface area contributed by atoms with Gasteiger partial charge in [-0.1, -0.05) is 0 Å². The van der Waals surface area contributed by atoms with Gasteiger partial charge >= 0.3 is 0 Å². The third kappa shape index (κ3) is 5.54. The second-order valence-corrected chi connectivity index (χ2v) is 7.03. The highest BCUT2D eigenvalue weighted by molar-refractivity contribution is 5.94. The van der Waals surface area contributed by atoms with Gasteiger partial charge in [0.25, 0.3) is 5.91 Å². The average Bonchev–Trinajstić information content (AvgIpc) is 3.13. The Kier molecular flexibility index (Phi) is 6.82. The first-order chi connectivity index (χ1) is 14.0. The summed E-state index contributed by atoms with van der Waals surface area (Å²) in [5, 5.41) is 7.67. The first-order valence-corrected chi connectivity index (χ1v) is 9.54. The number of piperidine rings is 1. The van der Waals surface area contributed by atoms with Crippen LogP contribution < -0.4 is 4.74 Å². The van der Waals surface area contributed by atoms with Gasteiger partial charge in [-0.2, -0.15) is 0 Å². The van der Waals surface area contributed by atoms with Crippen LogP contribution in [0.25, 0.3) is 0 Å². The molecule has 0 atom stereocenters. The quantitative estimate of drug-likeness (QED) is 0.695. The van der Waals surface area contributed by atoms with Crippen LogP contribution in [0.5, 0.6) is 5.75 Å². The van der Waals surface area contributed by atoms with Gasteiger partial charge in [0.15, 0.2) is 0 Å². The van der Waals surface area contributed by atoms with E-state index in [0.717, 1.165) is 12.8 Å². The highest BCUT2D eigenvalue weighted by Crippen LogP contribution is 2.20. The van der Waals surface area contributed by atoms with E-state index in [1.54, 1.807) is 43.1 Å². The number of aryl methyl sites for hydroxylation is 1. The molecule has 0 bridgehead atoms. The molecule has 9 nitrogen and oxygen atoms in total. The fraction of sp³-hybridized carbons (Fsp3) is 0.500. The first kappa shape index (κ1) is 20.8. The van der Waals surface area contributed by atoms with Crippen molar-refractivity contribution < 1.29 is 23.5 Å². The van der Waals surface area contributed by atoms with Crippen LogP contribution >= 0.6 is 0 Å². The second kappa shape index (κ2) is 9.51. The van der Waals surface area contributed by atoms with E-state index in [2.05, 4.69) is 10.2 Å². The second-order valence-electron chi connectivity index (χ2n) is 7.03. The maximum Gasteiger partial charge on any atom is 0.254 e. The van der Waals surface area contributed by atoms with Crippen LogP contribution in [0.1, 0.15) is 35.0 Å². The van der Waals surface area contributed by atoms with Gasteiger partial charge in [-0.25, -0.2) is 0 Å². The summed E-state index contributed by atoms with van der Waals surface area (Å²) in [6.45, 7) is 3.38. The molecule has 156 valence electrons. The minimum absolute atomic E-state index is 0.00799. The van der Waals surface area contributed by atoms with Crippen LogP contribution in [0.15, 0.2) is 28.7 Å². The Morgan fingerprint density at radius 1 is 1.21 bits per heavy atom. The molecule has 1 aliphatic rings. The molecule has 2 aromatic rings. The van der Waals surface area contributed by atoms with Crippen molar-refractivity contribution in [2.45, 2.75) is 32.4 Å². The topological polar surface area (TPSA) is 98.0 Å². The Hall–Kier alpha value is -2.94. The number of carbonyl (C=O) groups is 2. The molecule has 3 rings (SSSR count). The van der Waals surface area contributed by atoms with Crippen LogP contribution in [0, 0.1) is 6.92 Å². The van der Waals surface area contributed by atoms with Crippen LogP contribution in [0.2, 0.25) is 0 Å². The average molecular weight is 402 g/mol. The van der Waals surface area contributed by atoms with Gasteiger partial charge in [0.2, 0.25) is 17.7 Å². The maximum atomic E-state index is 12.6. The van der Waals surface area contributed by atoms with Crippen molar-refractivity contribution in [2.24, 2.45) is 0 Å². The van der Waals surface area contributed by atoms with Gasteiger partial charge in [-0.15, -0.1) is 10.2 Å². The largest absolute Gasteiger partial charge is 0.490 e. The van der Waals surface area contributed by atoms with Crippen LogP contribution in [0.4, 0.5) is 0 Å². The predicted molar refractivity (Wildman–Crippen MR) is 103 cm³/mol. The number of nitrogens with zero attached hydrogens (tertiary/aromatic N) is 4. The molecule has 1 aromatic carbocycles. The predicted octanol–water partition coefficient (Wildman–Crippen LogP) is 1.67. The highest BCUT2D eigenvalue weighted by Gasteiger charge is 2.24. The molecular weight excluding hydrogens is 376 g/mol. The summed E-state index contributed by atoms with van der Waals surface area (Å²) >= 11 is 0. The molecule has 0 radical (unpaired) electrons. The van der Waals surface area contributed by atoms with Crippen molar-refractivity contribution in [3.8, 4) is 5.75 Å². The number of hydrogen-bond acceptors (Lipinski definition) is 7. The Morgan fingerprint density at radius 3 is 2.48 bits per heavy atom. The molecule has 0 spiro atoms. The molecule has 0 N–H and O–H groups in total. The number of benzene rings is 1. The number of hydrogen-bond donors (Lipinski definition) is 0. The maximum absolute atomic E-state index is 12.6. The number of carbonyl (C=O) groups excluding carboxylic acids is 2. The van der Waals surface area contributed by atoms with Gasteiger partial charge in [0, 0.05) is 52.6 Å². The van der Waals surface area contributed by atoms with Gasteiger partial charge in [0.05, 0.1) is 6.54 Å². The molecule has 1 fully saturated rings. The lowest BCUT2D eigenvalue weighted by molar-refractivity contribution is -0.136. The van der Waals surface area contributed by atoms with E-state index in [-0.39, 0.29) is 31.1 Å². The van der Waals surface area contributed by atoms with Crippen LogP contribution in [-0.4, -0.2) is 71.8 Å². The molecular formula is C20H26N4O5. The van der Waals surface area contributed by atoms with E-state index in [4.69, 9.17) is 13.9 Å². The first-order valence-electron chi connectivity index (χ1n) is 9.54. The molecule has 1 aromatic heterocycles. The number of methoxy groups -OCH3 is 1. The zero-order chi connectivity index (χ0) is 20.8. The number of rotatable bonds is 7. The smallest absolute Gasteiger partial charge is 0.254 e. The summed E-state index contributed by atoms with van der Waals surface area (Å²) in [7, 11) is 3.21. The molecule has 1 saturated heterocycles. The summed E-state index contributed by atoms with van der Waals surface area (Å²) in [6, 6.07) is 7.07. The molecule has 0 saturated carbocycles. The lowest BCUT2D eigenvalue weighted by atomic mass is 10.1. The van der Waals surface area contributed by atoms with E-state index in [9.17, 15) is 9.59 Å². The Bertz CT molecular complexity index is 828. The lowest BCUT2D eigenvalue weighted by Crippen LogP contribution is -2.43. The van der Waals surface area contributed by atoms with Gasteiger partial charge < -0.3 is 23.7 Å². The molecule has 0 unspecified atom stereocenters. The fourth-order valence-corrected chi connectivity index (χ4v) is 3.20. The zero-order valence-corrected chi connectivity index (χ0v) is 17.0. The standard InChI is InChI=1S/C20H26N4O5/c1-14-21-22-18(28-14)12-23(2)20(26)15-4-6-16(7-5-15)29-17-8-10-24(11-9-17)19(25)13-27-3/h4-7,17H,8-13H2,1-3H3. The van der Waals surface area contributed by atoms with Gasteiger partial charge in [-0.05, 0) is 24.3 Å². The molecule has 9 heteroatoms. The van der Waals surface area contributed by atoms with Crippen LogP contribution in [-0.2, 0) is 16.1 Å². The third-order valence-electron chi connectivity index (χ3n) is 4.75. The van der Waals surface area contributed by atoms with E-state index in [1.807, 2.05) is 0 Å². The fourth-order valence-electron chi connectivity index (χ4n) is 3.20. The number of aromatic nitrogens is 2. The van der Waals surface area contributed by atoms with E-state index in [0.29, 0.717) is 36.2 Å². The monoisotopic (exact) mass is 402 g/mol. The van der Waals surface area contributed by atoms with Crippen molar-refractivity contribution in [3.05, 3.63) is 41.6 Å². The van der Waals surface area contributed by atoms with E-state index in [1.165, 1.54) is 12.0 Å². The Labute approximate surface area is 169 Å². The van der Waals surface area contributed by atoms with Crippen molar-refractivity contribution >= 4 is 11.8 Å². The van der Waals surface area contributed by atoms with E-state index >= 15 is 0 Å². The summed E-state index contributed by atoms with van der Waals surface area (Å²) in [4.78, 5) is 27.7. The van der Waals surface area contributed by atoms with Gasteiger partial charge in [-0.3, -0.25) is 9.59 Å². The molecule has 2 heterocycles. The number of amides is 2. The highest BCUT2D eigenvalue weighted by atomic mass is 16.5. The third-order valence-corrected chi connectivity index (χ3v) is 4.75. The lowest BCUT2D eigenvalue weighted by Gasteiger charge is -2.32. The normalized spacial score (nSPS) is 14.7. The van der Waals surface area contributed by atoms with Crippen LogP contribution in [0.3, 0.4) is 0 Å². The van der Waals surface area contributed by atoms with Crippen molar-refractivity contribution in [1.82, 2.24) is 20.0 Å². The van der Waals surface area contributed by atoms with Gasteiger partial charge in [0.1, 0.15) is 18.5 Å². The van der Waals surface area contributed by atoms with Crippen molar-refractivity contribution in [3.63, 3.8) is 0 Å². The van der Waals surface area contributed by atoms with Crippen molar-refractivity contribution in [2.75, 3.05) is 33.9 Å². The number of ether oxygens (including phenoxy) is 2. The summed E-state index contributed by atoms with van der Waals surface area (Å²) in [5.74, 6) is 1.44. The molecule has 1 aliphatic heterocycles. The Balaban J connectivity index is 1.50.